The maximum atomic E-state index is 4.10. The molecule has 2 N–H and O–H groups in total. The molecule has 0 spiro atoms. The summed E-state index contributed by atoms with van der Waals surface area (Å²) in [6.45, 7) is 10.5. The van der Waals surface area contributed by atoms with E-state index in [0.29, 0.717) is 0 Å². The summed E-state index contributed by atoms with van der Waals surface area (Å²) in [6, 6.07) is 15.4. The van der Waals surface area contributed by atoms with Gasteiger partial charge in [-0.1, -0.05) is 24.3 Å². The van der Waals surface area contributed by atoms with E-state index < -0.39 is 0 Å². The average molecular weight is 290 g/mol. The molecular formula is C20H22N2. The first-order chi connectivity index (χ1) is 10.5. The predicted octanol–water partition coefficient (Wildman–Crippen LogP) is 5.68. The highest BCUT2D eigenvalue weighted by Gasteiger charge is 2.10. The molecule has 0 saturated carbocycles. The molecule has 22 heavy (non-hydrogen) atoms. The van der Waals surface area contributed by atoms with Gasteiger partial charge in [-0.25, -0.2) is 0 Å². The predicted molar refractivity (Wildman–Crippen MR) is 96.2 cm³/mol. The van der Waals surface area contributed by atoms with Crippen LogP contribution >= 0.6 is 0 Å². The van der Waals surface area contributed by atoms with Crippen LogP contribution in [0.5, 0.6) is 0 Å². The van der Waals surface area contributed by atoms with Crippen molar-refractivity contribution in [1.29, 1.82) is 0 Å². The fraction of sp³-hybridized carbons (Fsp3) is 0.200. The quantitative estimate of drug-likeness (QED) is 0.635. The molecule has 0 aliphatic carbocycles. The third-order valence-electron chi connectivity index (χ3n) is 4.08. The second kappa shape index (κ2) is 5.72. The Kier molecular flexibility index (Phi) is 3.76. The molecule has 112 valence electrons. The number of nitrogens with one attached hydrogen (secondary N) is 2. The lowest BCUT2D eigenvalue weighted by molar-refractivity contribution is 0.886. The third-order valence-corrected chi connectivity index (χ3v) is 4.08. The number of allylic oxidation sites excluding steroid dienone is 1. The Labute approximate surface area is 131 Å². The van der Waals surface area contributed by atoms with Gasteiger partial charge in [0.1, 0.15) is 0 Å². The lowest BCUT2D eigenvalue weighted by atomic mass is 10.0. The van der Waals surface area contributed by atoms with Crippen molar-refractivity contribution in [1.82, 2.24) is 4.98 Å². The number of hydrogen-bond acceptors (Lipinski definition) is 1. The molecule has 0 amide bonds. The number of hydrogen-bond donors (Lipinski definition) is 2. The Hall–Kier alpha value is -2.48. The Morgan fingerprint density at radius 3 is 2.73 bits per heavy atom. The molecule has 0 saturated heterocycles. The Morgan fingerprint density at radius 1 is 1.14 bits per heavy atom. The summed E-state index contributed by atoms with van der Waals surface area (Å²) in [4.78, 5) is 3.23. The maximum absolute atomic E-state index is 4.10. The lowest BCUT2D eigenvalue weighted by Crippen LogP contribution is -2.08. The van der Waals surface area contributed by atoms with Crippen LogP contribution in [0, 0.1) is 6.92 Å². The van der Waals surface area contributed by atoms with Crippen molar-refractivity contribution in [3.63, 3.8) is 0 Å². The number of aromatic amines is 1. The van der Waals surface area contributed by atoms with Crippen LogP contribution in [0.1, 0.15) is 36.6 Å². The summed E-state index contributed by atoms with van der Waals surface area (Å²) in [7, 11) is 0. The van der Waals surface area contributed by atoms with E-state index in [1.165, 1.54) is 27.6 Å². The van der Waals surface area contributed by atoms with Crippen LogP contribution < -0.4 is 5.32 Å². The first kappa shape index (κ1) is 14.5. The molecule has 0 aliphatic heterocycles. The Balaban J connectivity index is 1.90. The van der Waals surface area contributed by atoms with E-state index >= 15 is 0 Å². The molecule has 1 atom stereocenters. The van der Waals surface area contributed by atoms with Gasteiger partial charge in [0, 0.05) is 29.0 Å². The van der Waals surface area contributed by atoms with Gasteiger partial charge in [0.15, 0.2) is 0 Å². The average Bonchev–Trinajstić information content (AvgIpc) is 2.96. The molecule has 2 heteroatoms. The molecule has 0 bridgehead atoms. The first-order valence-electron chi connectivity index (χ1n) is 7.65. The minimum Gasteiger partial charge on any atom is -0.378 e. The van der Waals surface area contributed by atoms with Crippen LogP contribution in [0.25, 0.3) is 16.5 Å². The van der Waals surface area contributed by atoms with Crippen molar-refractivity contribution < 1.29 is 0 Å². The zero-order valence-corrected chi connectivity index (χ0v) is 13.4. The van der Waals surface area contributed by atoms with E-state index in [-0.39, 0.29) is 6.04 Å². The van der Waals surface area contributed by atoms with Crippen molar-refractivity contribution in [2.75, 3.05) is 5.32 Å². The fourth-order valence-electron chi connectivity index (χ4n) is 2.79. The number of aryl methyl sites for hydroxylation is 1. The molecule has 0 fully saturated rings. The number of rotatable bonds is 4. The van der Waals surface area contributed by atoms with Gasteiger partial charge in [-0.2, -0.15) is 0 Å². The van der Waals surface area contributed by atoms with Crippen LogP contribution in [-0.2, 0) is 0 Å². The van der Waals surface area contributed by atoms with Gasteiger partial charge in [-0.3, -0.25) is 0 Å². The van der Waals surface area contributed by atoms with Crippen molar-refractivity contribution in [3.8, 4) is 0 Å². The minimum absolute atomic E-state index is 0.236. The summed E-state index contributed by atoms with van der Waals surface area (Å²) in [5, 5.41) is 4.87. The van der Waals surface area contributed by atoms with Gasteiger partial charge < -0.3 is 10.3 Å². The number of H-pyrrole nitrogens is 1. The molecule has 3 rings (SSSR count). The Bertz CT molecular complexity index is 827. The van der Waals surface area contributed by atoms with Gasteiger partial charge >= 0.3 is 0 Å². The highest BCUT2D eigenvalue weighted by molar-refractivity contribution is 5.80. The maximum Gasteiger partial charge on any atom is 0.0486 e. The van der Waals surface area contributed by atoms with E-state index in [0.717, 1.165) is 11.3 Å². The summed E-state index contributed by atoms with van der Waals surface area (Å²) in [6.07, 6.45) is 1.98. The van der Waals surface area contributed by atoms with Gasteiger partial charge in [-0.05, 0) is 67.6 Å². The normalized spacial score (nSPS) is 12.3. The minimum atomic E-state index is 0.236. The molecule has 0 radical (unpaired) electrons. The highest BCUT2D eigenvalue weighted by Crippen LogP contribution is 2.28. The molecule has 0 aliphatic rings. The van der Waals surface area contributed by atoms with Crippen molar-refractivity contribution >= 4 is 22.2 Å². The molecule has 1 aromatic heterocycles. The van der Waals surface area contributed by atoms with Crippen LogP contribution in [0.2, 0.25) is 0 Å². The van der Waals surface area contributed by atoms with E-state index in [1.807, 2.05) is 6.20 Å². The lowest BCUT2D eigenvalue weighted by Gasteiger charge is -2.19. The van der Waals surface area contributed by atoms with Crippen LogP contribution in [0.15, 0.2) is 55.2 Å². The van der Waals surface area contributed by atoms with E-state index in [2.05, 4.69) is 80.1 Å². The van der Waals surface area contributed by atoms with Crippen LogP contribution in [0.3, 0.4) is 0 Å². The van der Waals surface area contributed by atoms with E-state index in [9.17, 15) is 0 Å². The molecule has 3 aromatic rings. The standard InChI is InChI=1S/C20H22N2/c1-13(2)18-11-14(3)5-7-20(18)22-15(4)16-6-8-19-17(12-16)9-10-21-19/h5-12,15,21-22H,1H2,2-4H3. The van der Waals surface area contributed by atoms with Gasteiger partial charge in [0.2, 0.25) is 0 Å². The number of aromatic nitrogens is 1. The zero-order valence-electron chi connectivity index (χ0n) is 13.4. The summed E-state index contributed by atoms with van der Waals surface area (Å²) in [5.74, 6) is 0. The molecule has 2 nitrogen and oxygen atoms in total. The number of anilines is 1. The van der Waals surface area contributed by atoms with Crippen molar-refractivity contribution in [2.45, 2.75) is 26.8 Å². The van der Waals surface area contributed by atoms with E-state index in [1.54, 1.807) is 0 Å². The molecule has 1 unspecified atom stereocenters. The topological polar surface area (TPSA) is 27.8 Å². The second-order valence-electron chi connectivity index (χ2n) is 6.02. The monoisotopic (exact) mass is 290 g/mol. The van der Waals surface area contributed by atoms with Gasteiger partial charge in [-0.15, -0.1) is 0 Å². The van der Waals surface area contributed by atoms with Crippen LogP contribution in [0.4, 0.5) is 5.69 Å². The van der Waals surface area contributed by atoms with Gasteiger partial charge in [0.05, 0.1) is 0 Å². The number of benzene rings is 2. The van der Waals surface area contributed by atoms with Crippen molar-refractivity contribution in [3.05, 3.63) is 71.9 Å². The summed E-state index contributed by atoms with van der Waals surface area (Å²) >= 11 is 0. The zero-order chi connectivity index (χ0) is 15.7. The van der Waals surface area contributed by atoms with E-state index in [4.69, 9.17) is 0 Å². The van der Waals surface area contributed by atoms with Crippen LogP contribution in [-0.4, -0.2) is 4.98 Å². The third kappa shape index (κ3) is 2.77. The second-order valence-corrected chi connectivity index (χ2v) is 6.02. The largest absolute Gasteiger partial charge is 0.378 e. The SMILES string of the molecule is C=C(C)c1cc(C)ccc1NC(C)c1ccc2[nH]ccc2c1. The Morgan fingerprint density at radius 2 is 1.95 bits per heavy atom. The molecule has 1 heterocycles. The summed E-state index contributed by atoms with van der Waals surface area (Å²) in [5.41, 5.74) is 7.12. The highest BCUT2D eigenvalue weighted by atomic mass is 14.9. The smallest absolute Gasteiger partial charge is 0.0486 e. The summed E-state index contributed by atoms with van der Waals surface area (Å²) < 4.78 is 0. The fourth-order valence-corrected chi connectivity index (χ4v) is 2.79. The van der Waals surface area contributed by atoms with Gasteiger partial charge in [0.25, 0.3) is 0 Å². The molecule has 2 aromatic carbocycles. The molecular weight excluding hydrogens is 268 g/mol. The first-order valence-corrected chi connectivity index (χ1v) is 7.65. The van der Waals surface area contributed by atoms with Crippen molar-refractivity contribution in [2.24, 2.45) is 0 Å². The number of fused-ring (bicyclic) bond motifs is 1.